The van der Waals surface area contributed by atoms with Crippen LogP contribution in [0.3, 0.4) is 0 Å². The number of carbonyl (C=O) groups excluding carboxylic acids is 1. The highest BCUT2D eigenvalue weighted by molar-refractivity contribution is 7.89. The molecule has 5 rings (SSSR count). The molecule has 4 heterocycles. The highest BCUT2D eigenvalue weighted by Crippen LogP contribution is 2.36. The standard InChI is InChI=1S/C27H30N8O4S/c1-5-40(37,38)34-16-27(17-34,11-12-28)35-15-19(14-30-35)22-21-10-13-29-23(21)33-25(32-22)31-20-8-6-18(7-9-20)24(36)39-26(2,3)4/h6-10,13-15H,5,11,16-17H2,1-4H3,(H2,29,31,32,33). The van der Waals surface area contributed by atoms with Crippen molar-refractivity contribution in [3.05, 3.63) is 54.5 Å². The Morgan fingerprint density at radius 1 is 1.20 bits per heavy atom. The number of fused-ring (bicyclic) bond motifs is 1. The van der Waals surface area contributed by atoms with Crippen molar-refractivity contribution in [2.45, 2.75) is 45.3 Å². The molecule has 40 heavy (non-hydrogen) atoms. The van der Waals surface area contributed by atoms with Crippen LogP contribution in [0.5, 0.6) is 0 Å². The molecule has 1 saturated heterocycles. The number of benzene rings is 1. The van der Waals surface area contributed by atoms with Gasteiger partial charge in [-0.1, -0.05) is 0 Å². The first-order valence-electron chi connectivity index (χ1n) is 12.8. The zero-order valence-electron chi connectivity index (χ0n) is 22.7. The summed E-state index contributed by atoms with van der Waals surface area (Å²) in [4.78, 5) is 24.8. The maximum Gasteiger partial charge on any atom is 0.338 e. The van der Waals surface area contributed by atoms with E-state index in [9.17, 15) is 18.5 Å². The first-order valence-corrected chi connectivity index (χ1v) is 14.4. The van der Waals surface area contributed by atoms with E-state index < -0.39 is 27.1 Å². The number of nitriles is 1. The fraction of sp³-hybridized carbons (Fsp3) is 0.370. The highest BCUT2D eigenvalue weighted by Gasteiger charge is 2.49. The Morgan fingerprint density at radius 3 is 2.58 bits per heavy atom. The monoisotopic (exact) mass is 562 g/mol. The Bertz CT molecular complexity index is 1710. The molecule has 13 heteroatoms. The molecule has 0 bridgehead atoms. The van der Waals surface area contributed by atoms with Crippen LogP contribution in [0.1, 0.15) is 44.5 Å². The third kappa shape index (κ3) is 5.28. The number of hydrogen-bond donors (Lipinski definition) is 2. The van der Waals surface area contributed by atoms with Gasteiger partial charge in [0.15, 0.2) is 0 Å². The Kier molecular flexibility index (Phi) is 6.85. The van der Waals surface area contributed by atoms with Crippen molar-refractivity contribution in [1.82, 2.24) is 29.0 Å². The average Bonchev–Trinajstić information content (AvgIpc) is 3.55. The molecule has 0 radical (unpaired) electrons. The van der Waals surface area contributed by atoms with Crippen LogP contribution in [0, 0.1) is 11.3 Å². The molecule has 0 aliphatic carbocycles. The van der Waals surface area contributed by atoms with Gasteiger partial charge in [-0.3, -0.25) is 4.68 Å². The van der Waals surface area contributed by atoms with Crippen molar-refractivity contribution < 1.29 is 17.9 Å². The molecule has 0 unspecified atom stereocenters. The summed E-state index contributed by atoms with van der Waals surface area (Å²) in [6, 6.07) is 10.9. The van der Waals surface area contributed by atoms with Crippen LogP contribution in [-0.4, -0.2) is 67.9 Å². The van der Waals surface area contributed by atoms with Crippen molar-refractivity contribution in [1.29, 1.82) is 5.26 Å². The van der Waals surface area contributed by atoms with Crippen molar-refractivity contribution in [2.75, 3.05) is 24.2 Å². The second-order valence-corrected chi connectivity index (χ2v) is 13.0. The topological polar surface area (TPSA) is 159 Å². The Balaban J connectivity index is 1.41. The minimum Gasteiger partial charge on any atom is -0.456 e. The first kappa shape index (κ1) is 27.3. The van der Waals surface area contributed by atoms with E-state index in [1.807, 2.05) is 26.8 Å². The van der Waals surface area contributed by atoms with E-state index in [1.165, 1.54) is 4.31 Å². The molecule has 2 N–H and O–H groups in total. The van der Waals surface area contributed by atoms with E-state index >= 15 is 0 Å². The predicted molar refractivity (Wildman–Crippen MR) is 149 cm³/mol. The Labute approximate surface area is 232 Å². The fourth-order valence-electron chi connectivity index (χ4n) is 4.55. The summed E-state index contributed by atoms with van der Waals surface area (Å²) in [5, 5.41) is 17.9. The van der Waals surface area contributed by atoms with Gasteiger partial charge in [0.1, 0.15) is 16.8 Å². The predicted octanol–water partition coefficient (Wildman–Crippen LogP) is 3.79. The number of sulfonamides is 1. The maximum atomic E-state index is 12.3. The van der Waals surface area contributed by atoms with Gasteiger partial charge in [0.05, 0.1) is 35.7 Å². The minimum absolute atomic E-state index is 0.00586. The SMILES string of the molecule is CCS(=O)(=O)N1CC(CC#N)(n2cc(-c3nc(Nc4ccc(C(=O)OC(C)(C)C)cc4)nc4[nH]ccc34)cn2)C1. The molecule has 0 spiro atoms. The van der Waals surface area contributed by atoms with Crippen LogP contribution in [0.2, 0.25) is 0 Å². The van der Waals surface area contributed by atoms with Crippen molar-refractivity contribution in [2.24, 2.45) is 0 Å². The number of nitrogens with one attached hydrogen (secondary N) is 2. The smallest absolute Gasteiger partial charge is 0.338 e. The first-order chi connectivity index (χ1) is 18.9. The van der Waals surface area contributed by atoms with Crippen molar-refractivity contribution >= 4 is 38.7 Å². The second kappa shape index (κ2) is 10.0. The van der Waals surface area contributed by atoms with Gasteiger partial charge in [0, 0.05) is 42.1 Å². The van der Waals surface area contributed by atoms with Gasteiger partial charge < -0.3 is 15.0 Å². The summed E-state index contributed by atoms with van der Waals surface area (Å²) < 4.78 is 33.1. The number of rotatable bonds is 8. The second-order valence-electron chi connectivity index (χ2n) is 10.7. The van der Waals surface area contributed by atoms with Gasteiger partial charge in [0.2, 0.25) is 16.0 Å². The molecule has 12 nitrogen and oxygen atoms in total. The number of H-pyrrole nitrogens is 1. The van der Waals surface area contributed by atoms with Gasteiger partial charge in [-0.15, -0.1) is 0 Å². The molecule has 1 aliphatic rings. The summed E-state index contributed by atoms with van der Waals surface area (Å²) in [5.74, 6) is -0.0666. The van der Waals surface area contributed by atoms with E-state index in [4.69, 9.17) is 9.72 Å². The van der Waals surface area contributed by atoms with E-state index in [1.54, 1.807) is 54.5 Å². The lowest BCUT2D eigenvalue weighted by molar-refractivity contribution is 0.00695. The number of aromatic amines is 1. The number of hydrogen-bond acceptors (Lipinski definition) is 9. The summed E-state index contributed by atoms with van der Waals surface area (Å²) >= 11 is 0. The number of nitrogens with zero attached hydrogens (tertiary/aromatic N) is 6. The normalized spacial score (nSPS) is 15.4. The molecule has 208 valence electrons. The van der Waals surface area contributed by atoms with Crippen molar-refractivity contribution in [3.63, 3.8) is 0 Å². The number of carbonyl (C=O) groups is 1. The lowest BCUT2D eigenvalue weighted by Gasteiger charge is -2.47. The number of ether oxygens (including phenoxy) is 1. The minimum atomic E-state index is -3.35. The highest BCUT2D eigenvalue weighted by atomic mass is 32.2. The number of aromatic nitrogens is 5. The third-order valence-corrected chi connectivity index (χ3v) is 8.42. The average molecular weight is 563 g/mol. The molecular weight excluding hydrogens is 532 g/mol. The van der Waals surface area contributed by atoms with Gasteiger partial charge in [-0.25, -0.2) is 18.2 Å². The van der Waals surface area contributed by atoms with Crippen LogP contribution in [0.4, 0.5) is 11.6 Å². The molecule has 0 atom stereocenters. The van der Waals surface area contributed by atoms with Gasteiger partial charge in [-0.05, 0) is 58.0 Å². The molecule has 4 aromatic rings. The quantitative estimate of drug-likeness (QED) is 0.305. The molecule has 1 aromatic carbocycles. The van der Waals surface area contributed by atoms with Crippen LogP contribution < -0.4 is 5.32 Å². The van der Waals surface area contributed by atoms with Crippen molar-refractivity contribution in [3.8, 4) is 17.3 Å². The summed E-state index contributed by atoms with van der Waals surface area (Å²) in [5.41, 5.74) is 1.72. The number of esters is 1. The molecule has 1 aliphatic heterocycles. The van der Waals surface area contributed by atoms with E-state index in [0.717, 1.165) is 5.39 Å². The van der Waals surface area contributed by atoms with E-state index in [-0.39, 0.29) is 25.3 Å². The molecular formula is C27H30N8O4S. The third-order valence-electron chi connectivity index (χ3n) is 6.64. The zero-order valence-corrected chi connectivity index (χ0v) is 23.5. The maximum absolute atomic E-state index is 12.3. The summed E-state index contributed by atoms with van der Waals surface area (Å²) in [6.07, 6.45) is 5.34. The van der Waals surface area contributed by atoms with Crippen LogP contribution >= 0.6 is 0 Å². The van der Waals surface area contributed by atoms with Gasteiger partial charge in [-0.2, -0.15) is 19.6 Å². The van der Waals surface area contributed by atoms with Crippen LogP contribution in [-0.2, 0) is 20.3 Å². The summed E-state index contributed by atoms with van der Waals surface area (Å²) in [6.45, 7) is 7.43. The Hall–Kier alpha value is -4.28. The van der Waals surface area contributed by atoms with Crippen LogP contribution in [0.25, 0.3) is 22.3 Å². The lowest BCUT2D eigenvalue weighted by atomic mass is 9.89. The van der Waals surface area contributed by atoms with E-state index in [0.29, 0.717) is 34.1 Å². The zero-order chi connectivity index (χ0) is 28.7. The summed E-state index contributed by atoms with van der Waals surface area (Å²) in [7, 11) is -3.35. The van der Waals surface area contributed by atoms with Gasteiger partial charge in [0.25, 0.3) is 0 Å². The fourth-order valence-corrected chi connectivity index (χ4v) is 5.79. The number of anilines is 2. The molecule has 1 fully saturated rings. The van der Waals surface area contributed by atoms with E-state index in [2.05, 4.69) is 26.5 Å². The lowest BCUT2D eigenvalue weighted by Crippen LogP contribution is -2.64. The van der Waals surface area contributed by atoms with Crippen LogP contribution in [0.15, 0.2) is 48.9 Å². The molecule has 0 amide bonds. The van der Waals surface area contributed by atoms with Gasteiger partial charge >= 0.3 is 5.97 Å². The molecule has 0 saturated carbocycles. The Morgan fingerprint density at radius 2 is 1.93 bits per heavy atom. The molecule has 3 aromatic heterocycles. The largest absolute Gasteiger partial charge is 0.456 e.